The molecule has 0 unspecified atom stereocenters. The third kappa shape index (κ3) is 6.18. The Morgan fingerprint density at radius 2 is 1.67 bits per heavy atom. The fraction of sp³-hybridized carbons (Fsp3) is 0.190. The number of rotatable bonds is 8. The minimum absolute atomic E-state index is 0.138. The van der Waals surface area contributed by atoms with Crippen LogP contribution in [0, 0.1) is 0 Å². The highest BCUT2D eigenvalue weighted by Crippen LogP contribution is 2.35. The summed E-state index contributed by atoms with van der Waals surface area (Å²) in [6, 6.07) is 11.2. The molecule has 142 valence electrons. The van der Waals surface area contributed by atoms with Crippen molar-refractivity contribution in [3.05, 3.63) is 64.1 Å². The topological polar surface area (TPSA) is 54.0 Å². The van der Waals surface area contributed by atoms with Crippen LogP contribution in [0.15, 0.2) is 53.0 Å². The second-order valence-electron chi connectivity index (χ2n) is 5.37. The Hall–Kier alpha value is -2.73. The smallest absolute Gasteiger partial charge is 0.331 e. The highest BCUT2D eigenvalue weighted by atomic mass is 79.9. The molecule has 0 aliphatic rings. The second kappa shape index (κ2) is 10.4. The van der Waals surface area contributed by atoms with Crippen LogP contribution in [-0.2, 0) is 9.53 Å². The van der Waals surface area contributed by atoms with Crippen LogP contribution < -0.4 is 14.2 Å². The van der Waals surface area contributed by atoms with E-state index in [2.05, 4.69) is 15.9 Å². The number of methoxy groups -OCH3 is 3. The van der Waals surface area contributed by atoms with Crippen molar-refractivity contribution < 1.29 is 23.7 Å². The van der Waals surface area contributed by atoms with Gasteiger partial charge in [0.1, 0.15) is 12.4 Å². The number of carbonyl (C=O) groups is 1. The summed E-state index contributed by atoms with van der Waals surface area (Å²) in [7, 11) is 4.70. The number of esters is 1. The van der Waals surface area contributed by atoms with E-state index in [1.54, 1.807) is 51.7 Å². The molecule has 0 radical (unpaired) electrons. The SMILES string of the molecule is COc1cc(OC)c(OC)cc1/C=C/COC(=O)/C=C/c1cccc(Br)c1. The molecular weight excluding hydrogens is 412 g/mol. The molecule has 0 atom stereocenters. The molecule has 0 aromatic heterocycles. The van der Waals surface area contributed by atoms with Gasteiger partial charge in [0.15, 0.2) is 11.5 Å². The van der Waals surface area contributed by atoms with Gasteiger partial charge >= 0.3 is 5.97 Å². The third-order valence-electron chi connectivity index (χ3n) is 3.62. The molecule has 5 nitrogen and oxygen atoms in total. The quantitative estimate of drug-likeness (QED) is 0.445. The van der Waals surface area contributed by atoms with Crippen LogP contribution >= 0.6 is 15.9 Å². The predicted octanol–water partition coefficient (Wildman–Crippen LogP) is 4.74. The molecule has 6 heteroatoms. The number of hydrogen-bond acceptors (Lipinski definition) is 5. The first-order chi connectivity index (χ1) is 13.1. The highest BCUT2D eigenvalue weighted by Gasteiger charge is 2.09. The summed E-state index contributed by atoms with van der Waals surface area (Å²) in [5.41, 5.74) is 1.70. The van der Waals surface area contributed by atoms with Gasteiger partial charge < -0.3 is 18.9 Å². The summed E-state index contributed by atoms with van der Waals surface area (Å²) in [6.07, 6.45) is 6.63. The Balaban J connectivity index is 1.96. The maximum atomic E-state index is 11.8. The zero-order valence-electron chi connectivity index (χ0n) is 15.4. The van der Waals surface area contributed by atoms with Gasteiger partial charge in [0, 0.05) is 22.2 Å². The fourth-order valence-corrected chi connectivity index (χ4v) is 2.73. The van der Waals surface area contributed by atoms with Crippen molar-refractivity contribution in [3.63, 3.8) is 0 Å². The minimum Gasteiger partial charge on any atom is -0.496 e. The van der Waals surface area contributed by atoms with E-state index < -0.39 is 5.97 Å². The summed E-state index contributed by atoms with van der Waals surface area (Å²) in [5, 5.41) is 0. The van der Waals surface area contributed by atoms with Crippen molar-refractivity contribution in [2.45, 2.75) is 0 Å². The molecule has 0 amide bonds. The number of benzene rings is 2. The van der Waals surface area contributed by atoms with E-state index in [1.807, 2.05) is 24.3 Å². The van der Waals surface area contributed by atoms with Gasteiger partial charge in [-0.2, -0.15) is 0 Å². The standard InChI is InChI=1S/C21H21BrO5/c1-24-18-14-20(26-3)19(25-2)13-16(18)7-5-11-27-21(23)10-9-15-6-4-8-17(22)12-15/h4-10,12-14H,11H2,1-3H3/b7-5+,10-9+. The maximum absolute atomic E-state index is 11.8. The Labute approximate surface area is 167 Å². The van der Waals surface area contributed by atoms with E-state index in [4.69, 9.17) is 18.9 Å². The number of hydrogen-bond donors (Lipinski definition) is 0. The molecule has 0 aliphatic heterocycles. The van der Waals surface area contributed by atoms with E-state index in [0.717, 1.165) is 15.6 Å². The Morgan fingerprint density at radius 3 is 2.33 bits per heavy atom. The monoisotopic (exact) mass is 432 g/mol. The van der Waals surface area contributed by atoms with Gasteiger partial charge in [-0.25, -0.2) is 4.79 Å². The van der Waals surface area contributed by atoms with Gasteiger partial charge in [0.25, 0.3) is 0 Å². The van der Waals surface area contributed by atoms with Crippen LogP contribution in [0.25, 0.3) is 12.2 Å². The molecule has 0 N–H and O–H groups in total. The lowest BCUT2D eigenvalue weighted by molar-refractivity contribution is -0.136. The molecule has 2 aromatic rings. The molecule has 0 fully saturated rings. The average Bonchev–Trinajstić information content (AvgIpc) is 2.69. The van der Waals surface area contributed by atoms with Crippen LogP contribution in [-0.4, -0.2) is 33.9 Å². The Bertz CT molecular complexity index is 842. The number of ether oxygens (including phenoxy) is 4. The molecule has 2 rings (SSSR count). The van der Waals surface area contributed by atoms with Crippen LogP contribution in [0.1, 0.15) is 11.1 Å². The fourth-order valence-electron chi connectivity index (χ4n) is 2.31. The normalized spacial score (nSPS) is 11.0. The van der Waals surface area contributed by atoms with Gasteiger partial charge in [-0.15, -0.1) is 0 Å². The van der Waals surface area contributed by atoms with Crippen LogP contribution in [0.4, 0.5) is 0 Å². The first kappa shape index (κ1) is 20.6. The summed E-state index contributed by atoms with van der Waals surface area (Å²) in [6.45, 7) is 0.138. The molecule has 0 heterocycles. The van der Waals surface area contributed by atoms with E-state index >= 15 is 0 Å². The molecule has 2 aromatic carbocycles. The summed E-state index contributed by atoms with van der Waals surface area (Å²) in [4.78, 5) is 11.8. The van der Waals surface area contributed by atoms with Gasteiger partial charge in [0.05, 0.1) is 21.3 Å². The molecule has 0 bridgehead atoms. The van der Waals surface area contributed by atoms with Crippen LogP contribution in [0.2, 0.25) is 0 Å². The van der Waals surface area contributed by atoms with Crippen LogP contribution in [0.3, 0.4) is 0 Å². The van der Waals surface area contributed by atoms with Crippen molar-refractivity contribution in [1.82, 2.24) is 0 Å². The van der Waals surface area contributed by atoms with E-state index in [0.29, 0.717) is 17.2 Å². The average molecular weight is 433 g/mol. The zero-order chi connectivity index (χ0) is 19.6. The molecule has 0 spiro atoms. The highest BCUT2D eigenvalue weighted by molar-refractivity contribution is 9.10. The summed E-state index contributed by atoms with van der Waals surface area (Å²) < 4.78 is 22.0. The molecule has 0 aliphatic carbocycles. The Morgan fingerprint density at radius 1 is 0.963 bits per heavy atom. The summed E-state index contributed by atoms with van der Waals surface area (Å²) >= 11 is 3.39. The molecule has 27 heavy (non-hydrogen) atoms. The van der Waals surface area contributed by atoms with Gasteiger partial charge in [-0.3, -0.25) is 0 Å². The van der Waals surface area contributed by atoms with Gasteiger partial charge in [-0.1, -0.05) is 34.1 Å². The van der Waals surface area contributed by atoms with Crippen molar-refractivity contribution in [3.8, 4) is 17.2 Å². The molecular formula is C21H21BrO5. The van der Waals surface area contributed by atoms with Crippen molar-refractivity contribution >= 4 is 34.1 Å². The molecule has 0 saturated carbocycles. The van der Waals surface area contributed by atoms with Crippen LogP contribution in [0.5, 0.6) is 17.2 Å². The second-order valence-corrected chi connectivity index (χ2v) is 6.29. The lowest BCUT2D eigenvalue weighted by atomic mass is 10.1. The maximum Gasteiger partial charge on any atom is 0.331 e. The lowest BCUT2D eigenvalue weighted by Gasteiger charge is -2.12. The first-order valence-corrected chi connectivity index (χ1v) is 8.93. The molecule has 0 saturated heterocycles. The van der Waals surface area contributed by atoms with Gasteiger partial charge in [0.2, 0.25) is 0 Å². The van der Waals surface area contributed by atoms with E-state index in [-0.39, 0.29) is 6.61 Å². The largest absolute Gasteiger partial charge is 0.496 e. The van der Waals surface area contributed by atoms with Gasteiger partial charge in [-0.05, 0) is 35.9 Å². The number of halogens is 1. The lowest BCUT2D eigenvalue weighted by Crippen LogP contribution is -2.00. The third-order valence-corrected chi connectivity index (χ3v) is 4.11. The van der Waals surface area contributed by atoms with Crippen molar-refractivity contribution in [2.75, 3.05) is 27.9 Å². The first-order valence-electron chi connectivity index (χ1n) is 8.14. The summed E-state index contributed by atoms with van der Waals surface area (Å²) in [5.74, 6) is 1.38. The predicted molar refractivity (Wildman–Crippen MR) is 109 cm³/mol. The van der Waals surface area contributed by atoms with E-state index in [9.17, 15) is 4.79 Å². The van der Waals surface area contributed by atoms with Crippen molar-refractivity contribution in [2.24, 2.45) is 0 Å². The van der Waals surface area contributed by atoms with E-state index in [1.165, 1.54) is 6.08 Å². The zero-order valence-corrected chi connectivity index (χ0v) is 17.0. The Kier molecular flexibility index (Phi) is 7.95. The minimum atomic E-state index is -0.418. The number of carbonyl (C=O) groups excluding carboxylic acids is 1. The van der Waals surface area contributed by atoms with Crippen molar-refractivity contribution in [1.29, 1.82) is 0 Å².